The van der Waals surface area contributed by atoms with Crippen LogP contribution in [0.2, 0.25) is 5.02 Å². The van der Waals surface area contributed by atoms with E-state index in [2.05, 4.69) is 38.9 Å². The lowest BCUT2D eigenvalue weighted by atomic mass is 9.73. The number of benzene rings is 1. The highest BCUT2D eigenvalue weighted by atomic mass is 35.5. The zero-order chi connectivity index (χ0) is 27.9. The van der Waals surface area contributed by atoms with Crippen molar-refractivity contribution in [2.45, 2.75) is 73.8 Å². The number of aliphatic hydroxyl groups excluding tert-OH is 1. The second-order valence-electron chi connectivity index (χ2n) is 11.4. The number of fused-ring (bicyclic) bond motifs is 1. The summed E-state index contributed by atoms with van der Waals surface area (Å²) in [7, 11) is -1.18. The number of rotatable bonds is 6. The molecule has 39 heavy (non-hydrogen) atoms. The molecule has 3 heterocycles. The number of pyridine rings is 1. The van der Waals surface area contributed by atoms with Crippen molar-refractivity contribution in [2.75, 3.05) is 23.7 Å². The van der Waals surface area contributed by atoms with E-state index in [-0.39, 0.29) is 22.0 Å². The quantitative estimate of drug-likeness (QED) is 0.359. The zero-order valence-electron chi connectivity index (χ0n) is 22.6. The van der Waals surface area contributed by atoms with E-state index in [1.165, 1.54) is 22.9 Å². The fourth-order valence-electron chi connectivity index (χ4n) is 5.48. The molecule has 2 aromatic heterocycles. The second-order valence-corrected chi connectivity index (χ2v) is 14.8. The molecule has 1 fully saturated rings. The van der Waals surface area contributed by atoms with Gasteiger partial charge in [-0.2, -0.15) is 0 Å². The Labute approximate surface area is 241 Å². The molecule has 3 atom stereocenters. The van der Waals surface area contributed by atoms with Crippen molar-refractivity contribution in [3.63, 3.8) is 0 Å². The van der Waals surface area contributed by atoms with Crippen LogP contribution in [0.1, 0.15) is 69.5 Å². The van der Waals surface area contributed by atoms with Crippen molar-refractivity contribution in [1.82, 2.24) is 19.7 Å². The van der Waals surface area contributed by atoms with Gasteiger partial charge >= 0.3 is 0 Å². The lowest BCUT2D eigenvalue weighted by Gasteiger charge is -2.44. The largest absolute Gasteiger partial charge is 0.387 e. The van der Waals surface area contributed by atoms with Crippen molar-refractivity contribution >= 4 is 46.0 Å². The summed E-state index contributed by atoms with van der Waals surface area (Å²) in [5, 5.41) is 11.6. The number of aromatic nitrogens is 3. The lowest BCUT2D eigenvalue weighted by Crippen LogP contribution is -2.48. The first-order chi connectivity index (χ1) is 18.5. The van der Waals surface area contributed by atoms with Crippen molar-refractivity contribution in [3.05, 3.63) is 64.6 Å². The maximum absolute atomic E-state index is 13.2. The Hall–Kier alpha value is -2.24. The topological polar surface area (TPSA) is 117 Å². The molecule has 2 aliphatic rings. The summed E-state index contributed by atoms with van der Waals surface area (Å²) in [6.07, 6.45) is 5.29. The van der Waals surface area contributed by atoms with Gasteiger partial charge in [-0.3, -0.25) is 0 Å². The molecule has 1 aliphatic carbocycles. The molecule has 0 saturated carbocycles. The van der Waals surface area contributed by atoms with Gasteiger partial charge < -0.3 is 15.7 Å². The molecule has 2 unspecified atom stereocenters. The number of hydrogen-bond donors (Lipinski definition) is 3. The van der Waals surface area contributed by atoms with Gasteiger partial charge in [-0.05, 0) is 69.6 Å². The van der Waals surface area contributed by atoms with Crippen LogP contribution in [0.3, 0.4) is 0 Å². The van der Waals surface area contributed by atoms with Gasteiger partial charge in [-0.15, -0.1) is 0 Å². The minimum atomic E-state index is -1.18. The van der Waals surface area contributed by atoms with Crippen molar-refractivity contribution in [1.29, 1.82) is 0 Å². The molecule has 4 N–H and O–H groups in total. The normalized spacial score (nSPS) is 20.2. The van der Waals surface area contributed by atoms with Crippen LogP contribution in [0.15, 0.2) is 52.6 Å². The van der Waals surface area contributed by atoms with Gasteiger partial charge in [0.2, 0.25) is 0 Å². The maximum atomic E-state index is 13.2. The molecule has 208 valence electrons. The number of hydrogen-bond acceptors (Lipinski definition) is 8. The Balaban J connectivity index is 1.37. The van der Waals surface area contributed by atoms with Gasteiger partial charge in [-0.25, -0.2) is 23.9 Å². The maximum Gasteiger partial charge on any atom is 0.153 e. The summed E-state index contributed by atoms with van der Waals surface area (Å²) in [4.78, 5) is 16.5. The number of nitrogens with zero attached hydrogens (tertiary/aromatic N) is 4. The molecule has 11 heteroatoms. The Morgan fingerprint density at radius 3 is 2.64 bits per heavy atom. The number of nitrogens with two attached hydrogens (primary N) is 1. The van der Waals surface area contributed by atoms with E-state index in [9.17, 15) is 9.32 Å². The third-order valence-corrected chi connectivity index (χ3v) is 10.6. The molecule has 3 aromatic rings. The first kappa shape index (κ1) is 28.3. The van der Waals surface area contributed by atoms with Gasteiger partial charge in [0.1, 0.15) is 16.5 Å². The number of nitrogen functional groups attached to an aromatic ring is 1. The van der Waals surface area contributed by atoms with Crippen LogP contribution >= 0.6 is 23.4 Å². The SMILES string of the molecule is CC(O)c1nc(Sc2ccnc(N)c2Cl)cnc1N1CCC2(CC1)Cc1ccccc1[C@H]2NS(=O)C(C)(C)C. The van der Waals surface area contributed by atoms with E-state index in [1.807, 2.05) is 20.8 Å². The summed E-state index contributed by atoms with van der Waals surface area (Å²) in [5.41, 5.74) is 8.93. The average molecular weight is 587 g/mol. The van der Waals surface area contributed by atoms with Gasteiger partial charge in [0.25, 0.3) is 0 Å². The lowest BCUT2D eigenvalue weighted by molar-refractivity contribution is 0.174. The smallest absolute Gasteiger partial charge is 0.153 e. The van der Waals surface area contributed by atoms with Gasteiger partial charge in [0, 0.05) is 24.2 Å². The molecule has 0 amide bonds. The molecule has 5 rings (SSSR count). The van der Waals surface area contributed by atoms with E-state index in [0.717, 1.165) is 37.2 Å². The van der Waals surface area contributed by atoms with Crippen molar-refractivity contribution in [2.24, 2.45) is 5.41 Å². The van der Waals surface area contributed by atoms with E-state index >= 15 is 0 Å². The molecule has 0 bridgehead atoms. The van der Waals surface area contributed by atoms with E-state index in [4.69, 9.17) is 27.3 Å². The van der Waals surface area contributed by atoms with E-state index < -0.39 is 17.1 Å². The highest BCUT2D eigenvalue weighted by Gasteiger charge is 2.49. The first-order valence-corrected chi connectivity index (χ1v) is 15.5. The van der Waals surface area contributed by atoms with Crippen molar-refractivity contribution in [3.8, 4) is 0 Å². The molecule has 1 aromatic carbocycles. The van der Waals surface area contributed by atoms with Crippen LogP contribution in [-0.2, 0) is 17.4 Å². The predicted octanol–water partition coefficient (Wildman–Crippen LogP) is 5.25. The minimum absolute atomic E-state index is 0.0227. The molecular formula is C28H35ClN6O2S2. The van der Waals surface area contributed by atoms with Crippen LogP contribution in [0.25, 0.3) is 0 Å². The van der Waals surface area contributed by atoms with Crippen LogP contribution in [-0.4, -0.2) is 42.1 Å². The average Bonchev–Trinajstić information content (AvgIpc) is 3.19. The Morgan fingerprint density at radius 1 is 1.23 bits per heavy atom. The number of halogens is 1. The van der Waals surface area contributed by atoms with E-state index in [0.29, 0.717) is 21.6 Å². The summed E-state index contributed by atoms with van der Waals surface area (Å²) in [6.45, 7) is 9.25. The molecule has 0 radical (unpaired) electrons. The molecule has 1 aliphatic heterocycles. The zero-order valence-corrected chi connectivity index (χ0v) is 25.0. The van der Waals surface area contributed by atoms with Gasteiger partial charge in [0.15, 0.2) is 5.82 Å². The summed E-state index contributed by atoms with van der Waals surface area (Å²) < 4.78 is 16.4. The highest BCUT2D eigenvalue weighted by molar-refractivity contribution is 7.99. The minimum Gasteiger partial charge on any atom is -0.387 e. The van der Waals surface area contributed by atoms with Crippen molar-refractivity contribution < 1.29 is 9.32 Å². The number of aliphatic hydroxyl groups is 1. The standard InChI is InChI=1S/C28H35ClN6O2S2/c1-17(36)23-26(32-16-21(33-23)38-20-9-12-31-25(30)22(20)29)35-13-10-28(11-14-35)15-18-7-5-6-8-19(18)24(28)34-39(37)27(2,3)4/h5-9,12,16-17,24,34,36H,10-11,13-15H2,1-4H3,(H2,30,31)/t17?,24-,39?/m1/s1. The molecule has 8 nitrogen and oxygen atoms in total. The van der Waals surface area contributed by atoms with Gasteiger partial charge in [0.05, 0.1) is 39.1 Å². The Kier molecular flexibility index (Phi) is 7.96. The number of anilines is 2. The fourth-order valence-corrected chi connectivity index (χ4v) is 7.45. The molecule has 1 spiro atoms. The molecule has 1 saturated heterocycles. The molecular weight excluding hydrogens is 552 g/mol. The van der Waals surface area contributed by atoms with Crippen LogP contribution in [0.4, 0.5) is 11.6 Å². The number of piperidine rings is 1. The fraction of sp³-hybridized carbons (Fsp3) is 0.464. The Morgan fingerprint density at radius 2 is 1.95 bits per heavy atom. The summed E-state index contributed by atoms with van der Waals surface area (Å²) in [6, 6.07) is 10.3. The summed E-state index contributed by atoms with van der Waals surface area (Å²) >= 11 is 7.66. The monoisotopic (exact) mass is 586 g/mol. The van der Waals surface area contributed by atoms with Gasteiger partial charge in [-0.1, -0.05) is 47.6 Å². The van der Waals surface area contributed by atoms with Crippen LogP contribution in [0.5, 0.6) is 0 Å². The predicted molar refractivity (Wildman–Crippen MR) is 158 cm³/mol. The number of nitrogens with one attached hydrogen (secondary N) is 1. The van der Waals surface area contributed by atoms with Crippen LogP contribution in [0, 0.1) is 5.41 Å². The third-order valence-electron chi connectivity index (χ3n) is 7.61. The third kappa shape index (κ3) is 5.67. The van der Waals surface area contributed by atoms with E-state index in [1.54, 1.807) is 25.4 Å². The second kappa shape index (κ2) is 11.0. The first-order valence-electron chi connectivity index (χ1n) is 13.1. The highest BCUT2D eigenvalue weighted by Crippen LogP contribution is 2.53. The van der Waals surface area contributed by atoms with Crippen LogP contribution < -0.4 is 15.4 Å². The Bertz CT molecular complexity index is 1390. The summed E-state index contributed by atoms with van der Waals surface area (Å²) in [5.74, 6) is 0.959.